The molecule has 0 aromatic carbocycles. The van der Waals surface area contributed by atoms with Crippen LogP contribution in [0.25, 0.3) is 0 Å². The molecule has 0 spiro atoms. The summed E-state index contributed by atoms with van der Waals surface area (Å²) < 4.78 is 0. The molecule has 1 aromatic heterocycles. The second-order valence-electron chi connectivity index (χ2n) is 4.52. The van der Waals surface area contributed by atoms with Gasteiger partial charge in [-0.15, -0.1) is 0 Å². The van der Waals surface area contributed by atoms with Gasteiger partial charge < -0.3 is 15.0 Å². The summed E-state index contributed by atoms with van der Waals surface area (Å²) in [6, 6.07) is 3.88. The molecule has 4 heteroatoms. The molecule has 1 amide bonds. The Morgan fingerprint density at radius 2 is 2.44 bits per heavy atom. The minimum atomic E-state index is 0.0376. The summed E-state index contributed by atoms with van der Waals surface area (Å²) in [6.07, 6.45) is 3.73. The van der Waals surface area contributed by atoms with Gasteiger partial charge in [0.1, 0.15) is 5.69 Å². The first kappa shape index (κ1) is 11.2. The van der Waals surface area contributed by atoms with Gasteiger partial charge >= 0.3 is 0 Å². The molecule has 88 valence electrons. The number of aromatic nitrogens is 1. The predicted molar refractivity (Wildman–Crippen MR) is 61.1 cm³/mol. The highest BCUT2D eigenvalue weighted by Crippen LogP contribution is 2.22. The van der Waals surface area contributed by atoms with Crippen molar-refractivity contribution < 1.29 is 9.90 Å². The molecule has 1 fully saturated rings. The molecule has 0 saturated carbocycles. The zero-order chi connectivity index (χ0) is 11.5. The first-order valence-electron chi connectivity index (χ1n) is 5.77. The summed E-state index contributed by atoms with van der Waals surface area (Å²) in [5.41, 5.74) is 0.630. The van der Waals surface area contributed by atoms with E-state index in [1.165, 1.54) is 0 Å². The lowest BCUT2D eigenvalue weighted by atomic mass is 9.94. The van der Waals surface area contributed by atoms with E-state index >= 15 is 0 Å². The molecule has 2 rings (SSSR count). The van der Waals surface area contributed by atoms with Crippen LogP contribution in [0.5, 0.6) is 0 Å². The van der Waals surface area contributed by atoms with Crippen LogP contribution in [0, 0.1) is 5.92 Å². The molecule has 16 heavy (non-hydrogen) atoms. The third-order valence-electron chi connectivity index (χ3n) is 3.33. The Morgan fingerprint density at radius 3 is 3.06 bits per heavy atom. The first-order valence-corrected chi connectivity index (χ1v) is 5.77. The van der Waals surface area contributed by atoms with Gasteiger partial charge in [-0.2, -0.15) is 0 Å². The third-order valence-corrected chi connectivity index (χ3v) is 3.33. The number of likely N-dealkylation sites (tertiary alicyclic amines) is 1. The standard InChI is InChI=1S/C12H18N2O2/c1-9-4-5-10(8-15)7-14(9)12(16)11-3-2-6-13-11/h2-3,6,9-10,13,15H,4-5,7-8H2,1H3. The number of H-pyrrole nitrogens is 1. The zero-order valence-electron chi connectivity index (χ0n) is 9.52. The molecule has 1 aliphatic heterocycles. The number of aliphatic hydroxyl groups is 1. The van der Waals surface area contributed by atoms with Gasteiger partial charge in [-0.3, -0.25) is 4.79 Å². The minimum Gasteiger partial charge on any atom is -0.396 e. The maximum Gasteiger partial charge on any atom is 0.270 e. The molecule has 4 nitrogen and oxygen atoms in total. The Hall–Kier alpha value is -1.29. The maximum atomic E-state index is 12.1. The molecule has 0 bridgehead atoms. The minimum absolute atomic E-state index is 0.0376. The molecular formula is C12H18N2O2. The van der Waals surface area contributed by atoms with Crippen LogP contribution in [0.3, 0.4) is 0 Å². The van der Waals surface area contributed by atoms with Gasteiger partial charge in [0.15, 0.2) is 0 Å². The summed E-state index contributed by atoms with van der Waals surface area (Å²) in [4.78, 5) is 16.9. The Bertz CT molecular complexity index is 348. The van der Waals surface area contributed by atoms with Crippen molar-refractivity contribution in [2.24, 2.45) is 5.92 Å². The van der Waals surface area contributed by atoms with E-state index in [1.807, 2.05) is 11.0 Å². The third kappa shape index (κ3) is 2.11. The van der Waals surface area contributed by atoms with E-state index < -0.39 is 0 Å². The van der Waals surface area contributed by atoms with E-state index in [9.17, 15) is 4.79 Å². The number of carbonyl (C=O) groups is 1. The van der Waals surface area contributed by atoms with Crippen molar-refractivity contribution in [2.45, 2.75) is 25.8 Å². The molecular weight excluding hydrogens is 204 g/mol. The summed E-state index contributed by atoms with van der Waals surface area (Å²) in [6.45, 7) is 2.89. The number of nitrogens with zero attached hydrogens (tertiary/aromatic N) is 1. The van der Waals surface area contributed by atoms with E-state index in [0.29, 0.717) is 12.2 Å². The van der Waals surface area contributed by atoms with Gasteiger partial charge in [-0.25, -0.2) is 0 Å². The lowest BCUT2D eigenvalue weighted by Crippen LogP contribution is -2.46. The summed E-state index contributed by atoms with van der Waals surface area (Å²) >= 11 is 0. The maximum absolute atomic E-state index is 12.1. The summed E-state index contributed by atoms with van der Waals surface area (Å²) in [7, 11) is 0. The number of nitrogens with one attached hydrogen (secondary N) is 1. The van der Waals surface area contributed by atoms with E-state index in [-0.39, 0.29) is 24.5 Å². The van der Waals surface area contributed by atoms with Crippen molar-refractivity contribution in [3.63, 3.8) is 0 Å². The van der Waals surface area contributed by atoms with Crippen LogP contribution in [0.4, 0.5) is 0 Å². The molecule has 0 aliphatic carbocycles. The van der Waals surface area contributed by atoms with Gasteiger partial charge in [0, 0.05) is 25.4 Å². The van der Waals surface area contributed by atoms with Gasteiger partial charge in [0.05, 0.1) is 0 Å². The highest BCUT2D eigenvalue weighted by Gasteiger charge is 2.29. The number of aliphatic hydroxyl groups excluding tert-OH is 1. The van der Waals surface area contributed by atoms with Crippen molar-refractivity contribution >= 4 is 5.91 Å². The Morgan fingerprint density at radius 1 is 1.62 bits per heavy atom. The highest BCUT2D eigenvalue weighted by atomic mass is 16.3. The molecule has 2 N–H and O–H groups in total. The van der Waals surface area contributed by atoms with E-state index in [1.54, 1.807) is 12.3 Å². The molecule has 1 aliphatic rings. The average molecular weight is 222 g/mol. The number of piperidine rings is 1. The molecule has 0 radical (unpaired) electrons. The Balaban J connectivity index is 2.09. The SMILES string of the molecule is CC1CCC(CO)CN1C(=O)c1ccc[nH]1. The van der Waals surface area contributed by atoms with Crippen LogP contribution in [0.1, 0.15) is 30.3 Å². The largest absolute Gasteiger partial charge is 0.396 e. The molecule has 2 unspecified atom stereocenters. The van der Waals surface area contributed by atoms with Crippen molar-refractivity contribution in [2.75, 3.05) is 13.2 Å². The predicted octanol–water partition coefficient (Wildman–Crippen LogP) is 1.25. The second-order valence-corrected chi connectivity index (χ2v) is 4.52. The lowest BCUT2D eigenvalue weighted by Gasteiger charge is -2.37. The van der Waals surface area contributed by atoms with Gasteiger partial charge in [0.25, 0.3) is 5.91 Å². The first-order chi connectivity index (χ1) is 7.72. The smallest absolute Gasteiger partial charge is 0.270 e. The Labute approximate surface area is 95.3 Å². The zero-order valence-corrected chi connectivity index (χ0v) is 9.52. The van der Waals surface area contributed by atoms with Gasteiger partial charge in [-0.1, -0.05) is 0 Å². The molecule has 1 saturated heterocycles. The van der Waals surface area contributed by atoms with Crippen molar-refractivity contribution in [1.29, 1.82) is 0 Å². The van der Waals surface area contributed by atoms with Crippen LogP contribution < -0.4 is 0 Å². The molecule has 2 heterocycles. The monoisotopic (exact) mass is 222 g/mol. The average Bonchev–Trinajstić information content (AvgIpc) is 2.82. The van der Waals surface area contributed by atoms with Gasteiger partial charge in [0.2, 0.25) is 0 Å². The number of amides is 1. The number of hydrogen-bond donors (Lipinski definition) is 2. The summed E-state index contributed by atoms with van der Waals surface area (Å²) in [5, 5.41) is 9.16. The lowest BCUT2D eigenvalue weighted by molar-refractivity contribution is 0.0484. The van der Waals surface area contributed by atoms with Crippen LogP contribution in [0.15, 0.2) is 18.3 Å². The summed E-state index contributed by atoms with van der Waals surface area (Å²) in [5.74, 6) is 0.269. The van der Waals surface area contributed by atoms with Crippen molar-refractivity contribution in [3.05, 3.63) is 24.0 Å². The normalized spacial score (nSPS) is 25.8. The topological polar surface area (TPSA) is 56.3 Å². The van der Waals surface area contributed by atoms with Crippen molar-refractivity contribution in [3.8, 4) is 0 Å². The molecule has 2 atom stereocenters. The fourth-order valence-corrected chi connectivity index (χ4v) is 2.23. The number of carbonyl (C=O) groups excluding carboxylic acids is 1. The van der Waals surface area contributed by atoms with Crippen LogP contribution in [-0.4, -0.2) is 40.1 Å². The van der Waals surface area contributed by atoms with E-state index in [2.05, 4.69) is 11.9 Å². The van der Waals surface area contributed by atoms with Crippen molar-refractivity contribution in [1.82, 2.24) is 9.88 Å². The number of rotatable bonds is 2. The van der Waals surface area contributed by atoms with Crippen LogP contribution >= 0.6 is 0 Å². The van der Waals surface area contributed by atoms with Crippen LogP contribution in [0.2, 0.25) is 0 Å². The quantitative estimate of drug-likeness (QED) is 0.791. The van der Waals surface area contributed by atoms with Crippen LogP contribution in [-0.2, 0) is 0 Å². The van der Waals surface area contributed by atoms with E-state index in [0.717, 1.165) is 12.8 Å². The highest BCUT2D eigenvalue weighted by molar-refractivity contribution is 5.92. The fraction of sp³-hybridized carbons (Fsp3) is 0.583. The number of hydrogen-bond acceptors (Lipinski definition) is 2. The van der Waals surface area contributed by atoms with Gasteiger partial charge in [-0.05, 0) is 37.8 Å². The fourth-order valence-electron chi connectivity index (χ4n) is 2.23. The Kier molecular flexibility index (Phi) is 3.29. The number of aromatic amines is 1. The van der Waals surface area contributed by atoms with E-state index in [4.69, 9.17) is 5.11 Å². The molecule has 1 aromatic rings. The second kappa shape index (κ2) is 4.70.